The molecule has 2 aromatic carbocycles. The highest BCUT2D eigenvalue weighted by Crippen LogP contribution is 2.32. The van der Waals surface area contributed by atoms with Gasteiger partial charge in [-0.25, -0.2) is 9.18 Å². The van der Waals surface area contributed by atoms with E-state index in [0.29, 0.717) is 12.2 Å². The van der Waals surface area contributed by atoms with Crippen LogP contribution in [0, 0.1) is 0 Å². The molecule has 0 spiro atoms. The van der Waals surface area contributed by atoms with Crippen molar-refractivity contribution in [1.82, 2.24) is 0 Å². The van der Waals surface area contributed by atoms with Gasteiger partial charge in [-0.3, -0.25) is 0 Å². The number of rotatable bonds is 6. The Kier molecular flexibility index (Phi) is 5.46. The Morgan fingerprint density at radius 2 is 1.80 bits per heavy atom. The fraction of sp³-hybridized carbons (Fsp3) is 0.350. The van der Waals surface area contributed by atoms with Crippen molar-refractivity contribution in [3.63, 3.8) is 0 Å². The SMILES string of the molecule is C[C@]1(OC(=O)c2ccccc2)CO[C@H](COCc2ccccc2)[C@H]1F. The van der Waals surface area contributed by atoms with Crippen molar-refractivity contribution in [2.45, 2.75) is 31.4 Å². The molecule has 3 atom stereocenters. The summed E-state index contributed by atoms with van der Waals surface area (Å²) in [6, 6.07) is 18.2. The third-order valence-electron chi connectivity index (χ3n) is 4.22. The summed E-state index contributed by atoms with van der Waals surface area (Å²) in [6.45, 7) is 2.05. The van der Waals surface area contributed by atoms with Gasteiger partial charge in [0.15, 0.2) is 11.8 Å². The topological polar surface area (TPSA) is 44.8 Å². The fourth-order valence-corrected chi connectivity index (χ4v) is 2.76. The number of hydrogen-bond donors (Lipinski definition) is 0. The average molecular weight is 344 g/mol. The molecule has 5 heteroatoms. The number of carbonyl (C=O) groups excluding carboxylic acids is 1. The van der Waals surface area contributed by atoms with Crippen molar-refractivity contribution in [2.24, 2.45) is 0 Å². The number of hydrogen-bond acceptors (Lipinski definition) is 4. The van der Waals surface area contributed by atoms with Crippen LogP contribution >= 0.6 is 0 Å². The standard InChI is InChI=1S/C20H21FO4/c1-20(25-19(22)16-10-6-3-7-11-16)14-24-17(18(20)21)13-23-12-15-8-4-2-5-9-15/h2-11,17-18H,12-14H2,1H3/t17-,18-,20+/m1/s1. The number of ether oxygens (including phenoxy) is 3. The van der Waals surface area contributed by atoms with E-state index in [9.17, 15) is 9.18 Å². The second-order valence-corrected chi connectivity index (χ2v) is 6.32. The summed E-state index contributed by atoms with van der Waals surface area (Å²) >= 11 is 0. The molecular formula is C20H21FO4. The van der Waals surface area contributed by atoms with E-state index in [4.69, 9.17) is 14.2 Å². The number of benzene rings is 2. The molecule has 1 heterocycles. The lowest BCUT2D eigenvalue weighted by Gasteiger charge is -2.26. The van der Waals surface area contributed by atoms with Gasteiger partial charge in [0.2, 0.25) is 0 Å². The van der Waals surface area contributed by atoms with Crippen LogP contribution in [0.5, 0.6) is 0 Å². The molecule has 0 N–H and O–H groups in total. The Labute approximate surface area is 146 Å². The monoisotopic (exact) mass is 344 g/mol. The smallest absolute Gasteiger partial charge is 0.338 e. The largest absolute Gasteiger partial charge is 0.450 e. The molecule has 4 nitrogen and oxygen atoms in total. The van der Waals surface area contributed by atoms with Crippen molar-refractivity contribution < 1.29 is 23.4 Å². The zero-order valence-corrected chi connectivity index (χ0v) is 14.1. The first-order valence-corrected chi connectivity index (χ1v) is 8.24. The number of carbonyl (C=O) groups is 1. The van der Waals surface area contributed by atoms with Gasteiger partial charge in [-0.15, -0.1) is 0 Å². The molecule has 0 aromatic heterocycles. The van der Waals surface area contributed by atoms with Gasteiger partial charge in [-0.05, 0) is 24.6 Å². The number of halogens is 1. The molecule has 1 saturated heterocycles. The predicted molar refractivity (Wildman–Crippen MR) is 91.0 cm³/mol. The number of alkyl halides is 1. The van der Waals surface area contributed by atoms with Crippen LogP contribution in [0.15, 0.2) is 60.7 Å². The van der Waals surface area contributed by atoms with Gasteiger partial charge in [0, 0.05) is 0 Å². The minimum Gasteiger partial charge on any atom is -0.450 e. The first-order chi connectivity index (χ1) is 12.1. The maximum Gasteiger partial charge on any atom is 0.338 e. The Morgan fingerprint density at radius 1 is 1.16 bits per heavy atom. The van der Waals surface area contributed by atoms with Crippen LogP contribution in [0.2, 0.25) is 0 Å². The Bertz CT molecular complexity index is 691. The molecule has 0 aliphatic carbocycles. The minimum absolute atomic E-state index is 0.00606. The van der Waals surface area contributed by atoms with Crippen molar-refractivity contribution >= 4 is 5.97 Å². The van der Waals surface area contributed by atoms with E-state index in [1.54, 1.807) is 37.3 Å². The minimum atomic E-state index is -1.45. The zero-order valence-electron chi connectivity index (χ0n) is 14.1. The highest BCUT2D eigenvalue weighted by molar-refractivity contribution is 5.89. The van der Waals surface area contributed by atoms with E-state index in [0.717, 1.165) is 5.56 Å². The van der Waals surface area contributed by atoms with Gasteiger partial charge in [-0.1, -0.05) is 48.5 Å². The first-order valence-electron chi connectivity index (χ1n) is 8.24. The third-order valence-corrected chi connectivity index (χ3v) is 4.22. The third kappa shape index (κ3) is 4.24. The highest BCUT2D eigenvalue weighted by Gasteiger charge is 2.50. The maximum absolute atomic E-state index is 14.8. The summed E-state index contributed by atoms with van der Waals surface area (Å²) in [7, 11) is 0. The van der Waals surface area contributed by atoms with Crippen LogP contribution in [0.1, 0.15) is 22.8 Å². The van der Waals surface area contributed by atoms with Gasteiger partial charge in [0.1, 0.15) is 6.10 Å². The molecule has 1 aliphatic rings. The molecule has 0 unspecified atom stereocenters. The summed E-state index contributed by atoms with van der Waals surface area (Å²) in [5.74, 6) is -0.555. The van der Waals surface area contributed by atoms with Gasteiger partial charge in [0.25, 0.3) is 0 Å². The van der Waals surface area contributed by atoms with Gasteiger partial charge in [-0.2, -0.15) is 0 Å². The van der Waals surface area contributed by atoms with E-state index < -0.39 is 23.8 Å². The Morgan fingerprint density at radius 3 is 2.48 bits per heavy atom. The summed E-state index contributed by atoms with van der Waals surface area (Å²) in [6.07, 6.45) is -2.20. The van der Waals surface area contributed by atoms with Crippen LogP contribution < -0.4 is 0 Å². The van der Waals surface area contributed by atoms with Gasteiger partial charge >= 0.3 is 5.97 Å². The van der Waals surface area contributed by atoms with Crippen LogP contribution in [0.25, 0.3) is 0 Å². The fourth-order valence-electron chi connectivity index (χ4n) is 2.76. The van der Waals surface area contributed by atoms with Crippen molar-refractivity contribution in [1.29, 1.82) is 0 Å². The molecule has 1 fully saturated rings. The average Bonchev–Trinajstić information content (AvgIpc) is 2.92. The van der Waals surface area contributed by atoms with E-state index in [1.807, 2.05) is 30.3 Å². The van der Waals surface area contributed by atoms with Crippen molar-refractivity contribution in [3.8, 4) is 0 Å². The van der Waals surface area contributed by atoms with Crippen LogP contribution in [0.3, 0.4) is 0 Å². The van der Waals surface area contributed by atoms with Crippen LogP contribution in [0.4, 0.5) is 4.39 Å². The maximum atomic E-state index is 14.8. The molecular weight excluding hydrogens is 323 g/mol. The van der Waals surface area contributed by atoms with E-state index in [1.165, 1.54) is 0 Å². The van der Waals surface area contributed by atoms with E-state index in [2.05, 4.69) is 0 Å². The Hall–Kier alpha value is -2.24. The predicted octanol–water partition coefficient (Wildman–Crippen LogP) is 3.56. The molecule has 25 heavy (non-hydrogen) atoms. The van der Waals surface area contributed by atoms with Crippen molar-refractivity contribution in [3.05, 3.63) is 71.8 Å². The lowest BCUT2D eigenvalue weighted by Crippen LogP contribution is -2.43. The van der Waals surface area contributed by atoms with Crippen molar-refractivity contribution in [2.75, 3.05) is 13.2 Å². The van der Waals surface area contributed by atoms with Gasteiger partial charge < -0.3 is 14.2 Å². The summed E-state index contributed by atoms with van der Waals surface area (Å²) < 4.78 is 31.2. The molecule has 3 rings (SSSR count). The van der Waals surface area contributed by atoms with Crippen LogP contribution in [-0.4, -0.2) is 37.1 Å². The van der Waals surface area contributed by atoms with Gasteiger partial charge in [0.05, 0.1) is 25.4 Å². The molecule has 1 aliphatic heterocycles. The first kappa shape index (κ1) is 17.6. The molecule has 0 radical (unpaired) electrons. The lowest BCUT2D eigenvalue weighted by atomic mass is 10.00. The molecule has 0 saturated carbocycles. The zero-order chi connectivity index (χ0) is 17.7. The molecule has 0 amide bonds. The van der Waals surface area contributed by atoms with E-state index >= 15 is 0 Å². The second kappa shape index (κ2) is 7.76. The normalized spacial score (nSPS) is 25.7. The summed E-state index contributed by atoms with van der Waals surface area (Å²) in [5.41, 5.74) is 0.0853. The molecule has 2 aromatic rings. The van der Waals surface area contributed by atoms with E-state index in [-0.39, 0.29) is 13.2 Å². The molecule has 132 valence electrons. The lowest BCUT2D eigenvalue weighted by molar-refractivity contribution is -0.0377. The highest BCUT2D eigenvalue weighted by atomic mass is 19.1. The second-order valence-electron chi connectivity index (χ2n) is 6.32. The quantitative estimate of drug-likeness (QED) is 0.752. The summed E-state index contributed by atoms with van der Waals surface area (Å²) in [5, 5.41) is 0. The number of esters is 1. The Balaban J connectivity index is 1.53. The van der Waals surface area contributed by atoms with Crippen LogP contribution in [-0.2, 0) is 20.8 Å². The molecule has 0 bridgehead atoms. The summed E-state index contributed by atoms with van der Waals surface area (Å²) in [4.78, 5) is 12.2.